The molecule has 1 N–H and O–H groups in total. The summed E-state index contributed by atoms with van der Waals surface area (Å²) in [6, 6.07) is 24.3. The maximum atomic E-state index is 12.4. The number of amides is 1. The summed E-state index contributed by atoms with van der Waals surface area (Å²) in [5.41, 5.74) is 5.29. The standard InChI is InChI=1S/C28H30ClN3O/c1-3-20(2)22-16-14-21(15-17-22)19-32-26-12-7-6-11-25(26)31-27(32)13-8-18-30-28(33)23-9-4-5-10-24(23)29/h4-7,9-12,14-17,20H,3,8,13,18-19H2,1-2H3,(H,30,33). The second-order valence-electron chi connectivity index (χ2n) is 8.49. The minimum absolute atomic E-state index is 0.143. The summed E-state index contributed by atoms with van der Waals surface area (Å²) in [6.07, 6.45) is 2.72. The quantitative estimate of drug-likeness (QED) is 0.286. The van der Waals surface area contributed by atoms with Gasteiger partial charge in [-0.25, -0.2) is 4.98 Å². The Bertz CT molecular complexity index is 1230. The Kier molecular flexibility index (Phi) is 7.46. The van der Waals surface area contributed by atoms with Crippen LogP contribution in [0.15, 0.2) is 72.8 Å². The second kappa shape index (κ2) is 10.7. The number of hydrogen-bond acceptors (Lipinski definition) is 2. The SMILES string of the molecule is CCC(C)c1ccc(Cn2c(CCCNC(=O)c3ccccc3Cl)nc3ccccc32)cc1. The molecule has 1 atom stereocenters. The number of imidazole rings is 1. The van der Waals surface area contributed by atoms with Crippen molar-refractivity contribution in [1.82, 2.24) is 14.9 Å². The van der Waals surface area contributed by atoms with Crippen molar-refractivity contribution in [2.24, 2.45) is 0 Å². The molecule has 0 saturated heterocycles. The van der Waals surface area contributed by atoms with Crippen LogP contribution in [-0.2, 0) is 13.0 Å². The van der Waals surface area contributed by atoms with Crippen molar-refractivity contribution in [3.8, 4) is 0 Å². The van der Waals surface area contributed by atoms with Gasteiger partial charge in [-0.2, -0.15) is 0 Å². The molecule has 33 heavy (non-hydrogen) atoms. The smallest absolute Gasteiger partial charge is 0.252 e. The van der Waals surface area contributed by atoms with Crippen molar-refractivity contribution < 1.29 is 4.79 Å². The lowest BCUT2D eigenvalue weighted by Gasteiger charge is -2.12. The molecule has 0 aliphatic carbocycles. The number of aryl methyl sites for hydroxylation is 1. The Morgan fingerprint density at radius 1 is 1.03 bits per heavy atom. The number of nitrogens with zero attached hydrogens (tertiary/aromatic N) is 2. The molecule has 170 valence electrons. The van der Waals surface area contributed by atoms with Crippen LogP contribution in [-0.4, -0.2) is 22.0 Å². The summed E-state index contributed by atoms with van der Waals surface area (Å²) in [4.78, 5) is 17.3. The fraction of sp³-hybridized carbons (Fsp3) is 0.286. The largest absolute Gasteiger partial charge is 0.352 e. The van der Waals surface area contributed by atoms with E-state index in [4.69, 9.17) is 16.6 Å². The van der Waals surface area contributed by atoms with Gasteiger partial charge in [-0.05, 0) is 54.2 Å². The molecule has 0 bridgehead atoms. The molecule has 0 fully saturated rings. The molecule has 1 heterocycles. The lowest BCUT2D eigenvalue weighted by molar-refractivity contribution is 0.0953. The molecule has 1 aromatic heterocycles. The van der Waals surface area contributed by atoms with Crippen molar-refractivity contribution in [3.05, 3.63) is 100 Å². The minimum Gasteiger partial charge on any atom is -0.352 e. The highest BCUT2D eigenvalue weighted by atomic mass is 35.5. The monoisotopic (exact) mass is 459 g/mol. The van der Waals surface area contributed by atoms with Crippen LogP contribution in [0.1, 0.15) is 59.9 Å². The average molecular weight is 460 g/mol. The maximum absolute atomic E-state index is 12.4. The van der Waals surface area contributed by atoms with Gasteiger partial charge in [-0.15, -0.1) is 0 Å². The Labute approximate surface area is 200 Å². The van der Waals surface area contributed by atoms with E-state index in [9.17, 15) is 4.79 Å². The number of rotatable bonds is 9. The normalized spacial score (nSPS) is 12.1. The zero-order valence-electron chi connectivity index (χ0n) is 19.2. The van der Waals surface area contributed by atoms with Crippen LogP contribution in [0.25, 0.3) is 11.0 Å². The first-order valence-electron chi connectivity index (χ1n) is 11.6. The van der Waals surface area contributed by atoms with E-state index in [2.05, 4.69) is 66.2 Å². The zero-order valence-corrected chi connectivity index (χ0v) is 20.0. The van der Waals surface area contributed by atoms with Crippen LogP contribution >= 0.6 is 11.6 Å². The lowest BCUT2D eigenvalue weighted by Crippen LogP contribution is -2.25. The highest BCUT2D eigenvalue weighted by molar-refractivity contribution is 6.33. The van der Waals surface area contributed by atoms with Gasteiger partial charge in [0.05, 0.1) is 21.6 Å². The molecule has 5 heteroatoms. The number of hydrogen-bond donors (Lipinski definition) is 1. The van der Waals surface area contributed by atoms with Crippen LogP contribution in [0.5, 0.6) is 0 Å². The molecule has 4 nitrogen and oxygen atoms in total. The van der Waals surface area contributed by atoms with Crippen LogP contribution in [0.3, 0.4) is 0 Å². The topological polar surface area (TPSA) is 46.9 Å². The van der Waals surface area contributed by atoms with Crippen molar-refractivity contribution >= 4 is 28.5 Å². The van der Waals surface area contributed by atoms with Gasteiger partial charge in [-0.3, -0.25) is 4.79 Å². The Hall–Kier alpha value is -3.11. The summed E-state index contributed by atoms with van der Waals surface area (Å²) in [5.74, 6) is 1.47. The summed E-state index contributed by atoms with van der Waals surface area (Å²) in [6.45, 7) is 5.83. The van der Waals surface area contributed by atoms with Crippen LogP contribution in [0, 0.1) is 0 Å². The Balaban J connectivity index is 1.45. The third kappa shape index (κ3) is 5.45. The van der Waals surface area contributed by atoms with Gasteiger partial charge < -0.3 is 9.88 Å². The molecule has 4 aromatic rings. The summed E-state index contributed by atoms with van der Waals surface area (Å²) in [5, 5.41) is 3.44. The van der Waals surface area contributed by atoms with E-state index in [1.165, 1.54) is 11.1 Å². The van der Waals surface area contributed by atoms with Gasteiger partial charge >= 0.3 is 0 Å². The van der Waals surface area contributed by atoms with E-state index in [1.807, 2.05) is 18.2 Å². The molecular weight excluding hydrogens is 430 g/mol. The van der Waals surface area contributed by atoms with Gasteiger partial charge in [-0.1, -0.05) is 74.0 Å². The third-order valence-electron chi connectivity index (χ3n) is 6.22. The highest BCUT2D eigenvalue weighted by Crippen LogP contribution is 2.22. The molecule has 0 spiro atoms. The third-order valence-corrected chi connectivity index (χ3v) is 6.55. The summed E-state index contributed by atoms with van der Waals surface area (Å²) >= 11 is 6.13. The molecule has 1 unspecified atom stereocenters. The molecule has 0 saturated carbocycles. The van der Waals surface area contributed by atoms with Crippen molar-refractivity contribution in [2.75, 3.05) is 6.54 Å². The van der Waals surface area contributed by atoms with E-state index in [1.54, 1.807) is 12.1 Å². The lowest BCUT2D eigenvalue weighted by atomic mass is 9.97. The zero-order chi connectivity index (χ0) is 23.2. The van der Waals surface area contributed by atoms with Gasteiger partial charge in [0.2, 0.25) is 0 Å². The fourth-order valence-electron chi connectivity index (χ4n) is 4.05. The predicted octanol–water partition coefficient (Wildman–Crippen LogP) is 6.61. The molecule has 4 rings (SSSR count). The van der Waals surface area contributed by atoms with Crippen LogP contribution < -0.4 is 5.32 Å². The van der Waals surface area contributed by atoms with Gasteiger partial charge in [0.15, 0.2) is 0 Å². The number of carbonyl (C=O) groups is 1. The average Bonchev–Trinajstić information content (AvgIpc) is 3.19. The van der Waals surface area contributed by atoms with Crippen LogP contribution in [0.4, 0.5) is 0 Å². The van der Waals surface area contributed by atoms with Crippen molar-refractivity contribution in [2.45, 2.75) is 45.6 Å². The number of nitrogens with one attached hydrogen (secondary N) is 1. The second-order valence-corrected chi connectivity index (χ2v) is 8.90. The first-order valence-corrected chi connectivity index (χ1v) is 12.0. The van der Waals surface area contributed by atoms with Gasteiger partial charge in [0.25, 0.3) is 5.91 Å². The van der Waals surface area contributed by atoms with Crippen LogP contribution in [0.2, 0.25) is 5.02 Å². The van der Waals surface area contributed by atoms with Crippen molar-refractivity contribution in [1.29, 1.82) is 0 Å². The first kappa shape index (κ1) is 23.1. The molecule has 0 aliphatic heterocycles. The van der Waals surface area contributed by atoms with E-state index >= 15 is 0 Å². The number of fused-ring (bicyclic) bond motifs is 1. The number of aromatic nitrogens is 2. The molecule has 0 radical (unpaired) electrons. The maximum Gasteiger partial charge on any atom is 0.252 e. The molecular formula is C28H30ClN3O. The fourth-order valence-corrected chi connectivity index (χ4v) is 4.27. The highest BCUT2D eigenvalue weighted by Gasteiger charge is 2.13. The minimum atomic E-state index is -0.143. The van der Waals surface area contributed by atoms with E-state index < -0.39 is 0 Å². The number of halogens is 1. The Morgan fingerprint density at radius 3 is 2.52 bits per heavy atom. The molecule has 0 aliphatic rings. The Morgan fingerprint density at radius 2 is 1.76 bits per heavy atom. The van der Waals surface area contributed by atoms with Gasteiger partial charge in [0, 0.05) is 19.5 Å². The van der Waals surface area contributed by atoms with E-state index in [-0.39, 0.29) is 5.91 Å². The first-order chi connectivity index (χ1) is 16.1. The summed E-state index contributed by atoms with van der Waals surface area (Å²) in [7, 11) is 0. The van der Waals surface area contributed by atoms with Crippen molar-refractivity contribution in [3.63, 3.8) is 0 Å². The van der Waals surface area contributed by atoms with Gasteiger partial charge in [0.1, 0.15) is 5.82 Å². The van der Waals surface area contributed by atoms with E-state index in [0.717, 1.165) is 42.7 Å². The molecule has 1 amide bonds. The number of benzene rings is 3. The van der Waals surface area contributed by atoms with E-state index in [0.29, 0.717) is 23.0 Å². The molecule has 3 aromatic carbocycles. The summed E-state index contributed by atoms with van der Waals surface area (Å²) < 4.78 is 2.30. The predicted molar refractivity (Wildman–Crippen MR) is 136 cm³/mol. The number of para-hydroxylation sites is 2. The number of carbonyl (C=O) groups excluding carboxylic acids is 1.